The number of thiazole rings is 1. The van der Waals surface area contributed by atoms with Crippen molar-refractivity contribution >= 4 is 16.5 Å². The number of aromatic nitrogens is 1. The van der Waals surface area contributed by atoms with Crippen molar-refractivity contribution in [2.45, 2.75) is 59.0 Å². The van der Waals surface area contributed by atoms with E-state index in [9.17, 15) is 0 Å². The van der Waals surface area contributed by atoms with Gasteiger partial charge in [0, 0.05) is 36.5 Å². The molecule has 21 heavy (non-hydrogen) atoms. The Morgan fingerprint density at radius 2 is 2.05 bits per heavy atom. The van der Waals surface area contributed by atoms with Gasteiger partial charge in [0.25, 0.3) is 0 Å². The topological polar surface area (TPSA) is 37.4 Å². The summed E-state index contributed by atoms with van der Waals surface area (Å²) in [4.78, 5) is 8.69. The largest absolute Gasteiger partial charge is 0.383 e. The highest BCUT2D eigenvalue weighted by molar-refractivity contribution is 7.15. The summed E-state index contributed by atoms with van der Waals surface area (Å²) >= 11 is 1.81. The summed E-state index contributed by atoms with van der Waals surface area (Å²) < 4.78 is 5.26. The maximum absolute atomic E-state index is 5.26. The Bertz CT molecular complexity index is 426. The van der Waals surface area contributed by atoms with E-state index >= 15 is 0 Å². The van der Waals surface area contributed by atoms with Crippen molar-refractivity contribution < 1.29 is 4.74 Å². The highest BCUT2D eigenvalue weighted by Gasteiger charge is 2.26. The van der Waals surface area contributed by atoms with E-state index in [4.69, 9.17) is 9.72 Å². The van der Waals surface area contributed by atoms with Crippen molar-refractivity contribution in [3.8, 4) is 0 Å². The smallest absolute Gasteiger partial charge is 0.186 e. The zero-order valence-electron chi connectivity index (χ0n) is 14.6. The summed E-state index contributed by atoms with van der Waals surface area (Å²) in [7, 11) is 3.74. The molecule has 1 N–H and O–H groups in total. The fourth-order valence-electron chi connectivity index (χ4n) is 2.24. The van der Waals surface area contributed by atoms with E-state index in [-0.39, 0.29) is 5.41 Å². The molecule has 5 heteroatoms. The molecule has 0 spiro atoms. The van der Waals surface area contributed by atoms with Crippen LogP contribution >= 0.6 is 11.3 Å². The van der Waals surface area contributed by atoms with Gasteiger partial charge in [0.2, 0.25) is 0 Å². The van der Waals surface area contributed by atoms with E-state index in [0.29, 0.717) is 6.04 Å². The Labute approximate surface area is 133 Å². The lowest BCUT2D eigenvalue weighted by Crippen LogP contribution is -2.35. The zero-order chi connectivity index (χ0) is 16.0. The standard InChI is InChI=1S/C16H31N3OS/c1-8-12(2)19(9-10-20-7)15-18-14(16(3,4)5)13(21-15)11-17-6/h12,17H,8-11H2,1-7H3. The molecule has 0 aliphatic heterocycles. The quantitative estimate of drug-likeness (QED) is 0.798. The summed E-state index contributed by atoms with van der Waals surface area (Å²) in [5, 5.41) is 4.38. The molecule has 1 aromatic heterocycles. The van der Waals surface area contributed by atoms with Gasteiger partial charge in [-0.15, -0.1) is 11.3 Å². The molecule has 4 nitrogen and oxygen atoms in total. The molecule has 0 saturated heterocycles. The Hall–Kier alpha value is -0.650. The van der Waals surface area contributed by atoms with E-state index < -0.39 is 0 Å². The van der Waals surface area contributed by atoms with Crippen LogP contribution in [0.4, 0.5) is 5.13 Å². The normalized spacial score (nSPS) is 13.5. The molecule has 1 heterocycles. The molecule has 1 aromatic rings. The second-order valence-corrected chi connectivity index (χ2v) is 7.55. The van der Waals surface area contributed by atoms with Crippen LogP contribution in [0.5, 0.6) is 0 Å². The molecule has 1 atom stereocenters. The predicted octanol–water partition coefficient (Wildman–Crippen LogP) is 3.41. The lowest BCUT2D eigenvalue weighted by atomic mass is 9.91. The van der Waals surface area contributed by atoms with E-state index in [1.807, 2.05) is 18.4 Å². The summed E-state index contributed by atoms with van der Waals surface area (Å²) in [6, 6.07) is 0.474. The number of rotatable bonds is 8. The molecule has 0 radical (unpaired) electrons. The van der Waals surface area contributed by atoms with Gasteiger partial charge >= 0.3 is 0 Å². The summed E-state index contributed by atoms with van der Waals surface area (Å²) in [6.07, 6.45) is 1.11. The van der Waals surface area contributed by atoms with Crippen molar-refractivity contribution in [1.29, 1.82) is 0 Å². The monoisotopic (exact) mass is 313 g/mol. The third-order valence-corrected chi connectivity index (χ3v) is 4.73. The Balaban J connectivity index is 3.13. The van der Waals surface area contributed by atoms with E-state index in [1.165, 1.54) is 10.6 Å². The second kappa shape index (κ2) is 8.11. The number of methoxy groups -OCH3 is 1. The third kappa shape index (κ3) is 4.94. The first-order chi connectivity index (χ1) is 9.85. The minimum atomic E-state index is 0.0727. The molecule has 0 aliphatic carbocycles. The molecule has 122 valence electrons. The van der Waals surface area contributed by atoms with E-state index in [2.05, 4.69) is 44.8 Å². The average molecular weight is 314 g/mol. The molecular formula is C16H31N3OS. The number of hydrogen-bond donors (Lipinski definition) is 1. The van der Waals surface area contributed by atoms with Crippen LogP contribution in [0.2, 0.25) is 0 Å². The van der Waals surface area contributed by atoms with Crippen LogP contribution in [0.3, 0.4) is 0 Å². The lowest BCUT2D eigenvalue weighted by Gasteiger charge is -2.28. The van der Waals surface area contributed by atoms with Crippen molar-refractivity contribution in [2.75, 3.05) is 32.2 Å². The highest BCUT2D eigenvalue weighted by atomic mass is 32.1. The molecule has 0 aromatic carbocycles. The maximum Gasteiger partial charge on any atom is 0.186 e. The maximum atomic E-state index is 5.26. The van der Waals surface area contributed by atoms with Gasteiger partial charge in [-0.3, -0.25) is 0 Å². The van der Waals surface area contributed by atoms with Crippen LogP contribution in [0, 0.1) is 0 Å². The van der Waals surface area contributed by atoms with Crippen LogP contribution in [0.25, 0.3) is 0 Å². The fraction of sp³-hybridized carbons (Fsp3) is 0.812. The molecule has 1 rings (SSSR count). The van der Waals surface area contributed by atoms with E-state index in [0.717, 1.165) is 31.2 Å². The highest BCUT2D eigenvalue weighted by Crippen LogP contribution is 2.34. The zero-order valence-corrected chi connectivity index (χ0v) is 15.4. The minimum Gasteiger partial charge on any atom is -0.383 e. The Morgan fingerprint density at radius 3 is 2.52 bits per heavy atom. The molecule has 0 bridgehead atoms. The third-order valence-electron chi connectivity index (χ3n) is 3.64. The number of ether oxygens (including phenoxy) is 1. The summed E-state index contributed by atoms with van der Waals surface area (Å²) in [5.74, 6) is 0. The van der Waals surface area contributed by atoms with Gasteiger partial charge in [0.05, 0.1) is 12.3 Å². The van der Waals surface area contributed by atoms with E-state index in [1.54, 1.807) is 7.11 Å². The average Bonchev–Trinajstić information content (AvgIpc) is 2.83. The van der Waals surface area contributed by atoms with Gasteiger partial charge in [-0.25, -0.2) is 4.98 Å². The molecular weight excluding hydrogens is 282 g/mol. The predicted molar refractivity (Wildman–Crippen MR) is 92.6 cm³/mol. The number of nitrogens with one attached hydrogen (secondary N) is 1. The summed E-state index contributed by atoms with van der Waals surface area (Å²) in [6.45, 7) is 13.7. The summed E-state index contributed by atoms with van der Waals surface area (Å²) in [5.41, 5.74) is 1.28. The second-order valence-electron chi connectivity index (χ2n) is 6.49. The van der Waals surface area contributed by atoms with Crippen LogP contribution in [0.15, 0.2) is 0 Å². The van der Waals surface area contributed by atoms with Crippen molar-refractivity contribution in [3.05, 3.63) is 10.6 Å². The molecule has 0 aliphatic rings. The van der Waals surface area contributed by atoms with Gasteiger partial charge in [-0.2, -0.15) is 0 Å². The lowest BCUT2D eigenvalue weighted by molar-refractivity contribution is 0.203. The van der Waals surface area contributed by atoms with Crippen molar-refractivity contribution in [1.82, 2.24) is 10.3 Å². The molecule has 1 unspecified atom stereocenters. The Kier molecular flexibility index (Phi) is 7.10. The number of hydrogen-bond acceptors (Lipinski definition) is 5. The SMILES string of the molecule is CCC(C)N(CCOC)c1nc(C(C)(C)C)c(CNC)s1. The molecule has 0 fully saturated rings. The van der Waals surface area contributed by atoms with Crippen LogP contribution in [-0.2, 0) is 16.7 Å². The number of anilines is 1. The van der Waals surface area contributed by atoms with Crippen molar-refractivity contribution in [2.24, 2.45) is 0 Å². The van der Waals surface area contributed by atoms with Gasteiger partial charge in [-0.1, -0.05) is 27.7 Å². The first kappa shape index (κ1) is 18.4. The molecule has 0 amide bonds. The fourth-order valence-corrected chi connectivity index (χ4v) is 3.65. The van der Waals surface area contributed by atoms with Gasteiger partial charge < -0.3 is 15.0 Å². The first-order valence-corrected chi connectivity index (χ1v) is 8.57. The minimum absolute atomic E-state index is 0.0727. The van der Waals surface area contributed by atoms with Crippen LogP contribution < -0.4 is 10.2 Å². The Morgan fingerprint density at radius 1 is 1.38 bits per heavy atom. The van der Waals surface area contributed by atoms with Crippen molar-refractivity contribution in [3.63, 3.8) is 0 Å². The van der Waals surface area contributed by atoms with Crippen LogP contribution in [0.1, 0.15) is 51.6 Å². The first-order valence-electron chi connectivity index (χ1n) is 7.75. The van der Waals surface area contributed by atoms with Gasteiger partial charge in [-0.05, 0) is 20.4 Å². The molecule has 0 saturated carbocycles. The van der Waals surface area contributed by atoms with Gasteiger partial charge in [0.15, 0.2) is 5.13 Å². The van der Waals surface area contributed by atoms with Gasteiger partial charge in [0.1, 0.15) is 0 Å². The van der Waals surface area contributed by atoms with Crippen LogP contribution in [-0.4, -0.2) is 38.3 Å². The number of nitrogens with zero attached hydrogens (tertiary/aromatic N) is 2.